The zero-order chi connectivity index (χ0) is 18.4. The van der Waals surface area contributed by atoms with E-state index >= 15 is 0 Å². The molecule has 4 unspecified atom stereocenters. The van der Waals surface area contributed by atoms with Crippen molar-refractivity contribution in [2.24, 2.45) is 33.4 Å². The summed E-state index contributed by atoms with van der Waals surface area (Å²) in [6.45, 7) is 10.7. The lowest BCUT2D eigenvalue weighted by atomic mass is 9.75. The quantitative estimate of drug-likeness (QED) is 0.756. The number of carbonyl (C=O) groups is 2. The molecule has 1 amide bonds. The van der Waals surface area contributed by atoms with E-state index in [-0.39, 0.29) is 35.1 Å². The van der Waals surface area contributed by atoms with Crippen molar-refractivity contribution in [2.75, 3.05) is 6.54 Å². The summed E-state index contributed by atoms with van der Waals surface area (Å²) >= 11 is 0. The second-order valence-electron chi connectivity index (χ2n) is 9.04. The van der Waals surface area contributed by atoms with E-state index in [4.69, 9.17) is 0 Å². The fourth-order valence-electron chi connectivity index (χ4n) is 4.19. The maximum atomic E-state index is 13.5. The molecule has 2 aliphatic heterocycles. The highest BCUT2D eigenvalue weighted by atomic mass is 16.2. The summed E-state index contributed by atoms with van der Waals surface area (Å²) in [4.78, 5) is 27.4. The van der Waals surface area contributed by atoms with Gasteiger partial charge in [0.05, 0.1) is 17.7 Å². The number of amides is 1. The topological polar surface area (TPSA) is 62.1 Å². The minimum atomic E-state index is -0.273. The van der Waals surface area contributed by atoms with Gasteiger partial charge in [0.1, 0.15) is 6.04 Å². The molecule has 1 saturated carbocycles. The standard InChI is InChI=1S/C20H31N3O2/c1-6-13-9-17(12(2)24)23(11-13)19(25)18(20(3,4)5)16-10-15(21-22-16)14-7-8-14/h10,13-14,16-18H,6-9,11H2,1-5H3. The van der Waals surface area contributed by atoms with Crippen LogP contribution in [0.4, 0.5) is 0 Å². The van der Waals surface area contributed by atoms with Crippen molar-refractivity contribution in [3.8, 4) is 0 Å². The van der Waals surface area contributed by atoms with Crippen LogP contribution in [0.2, 0.25) is 0 Å². The first-order valence-corrected chi connectivity index (χ1v) is 9.65. The Hall–Kier alpha value is -1.52. The molecule has 0 spiro atoms. The third-order valence-electron chi connectivity index (χ3n) is 5.90. The summed E-state index contributed by atoms with van der Waals surface area (Å²) in [6.07, 6.45) is 6.26. The molecule has 0 N–H and O–H groups in total. The number of ketones is 1. The number of hydrogen-bond donors (Lipinski definition) is 0. The maximum absolute atomic E-state index is 13.5. The van der Waals surface area contributed by atoms with Gasteiger partial charge in [-0.15, -0.1) is 0 Å². The molecule has 2 fully saturated rings. The molecule has 1 aliphatic carbocycles. The van der Waals surface area contributed by atoms with Gasteiger partial charge < -0.3 is 4.90 Å². The molecule has 4 atom stereocenters. The van der Waals surface area contributed by atoms with E-state index in [2.05, 4.69) is 44.0 Å². The zero-order valence-electron chi connectivity index (χ0n) is 16.2. The van der Waals surface area contributed by atoms with Gasteiger partial charge in [-0.1, -0.05) is 34.1 Å². The third-order valence-corrected chi connectivity index (χ3v) is 5.90. The van der Waals surface area contributed by atoms with Gasteiger partial charge in [-0.25, -0.2) is 0 Å². The smallest absolute Gasteiger partial charge is 0.229 e. The summed E-state index contributed by atoms with van der Waals surface area (Å²) < 4.78 is 0. The van der Waals surface area contributed by atoms with Crippen LogP contribution in [0.3, 0.4) is 0 Å². The SMILES string of the molecule is CCC1CC(C(C)=O)N(C(=O)C(C2C=C(C3CC3)N=N2)C(C)(C)C)C1. The van der Waals surface area contributed by atoms with E-state index in [0.717, 1.165) is 18.5 Å². The Kier molecular flexibility index (Phi) is 4.86. The van der Waals surface area contributed by atoms with Crippen molar-refractivity contribution in [1.29, 1.82) is 0 Å². The summed E-state index contributed by atoms with van der Waals surface area (Å²) in [7, 11) is 0. The first-order chi connectivity index (χ1) is 11.7. The molecule has 3 rings (SSSR count). The van der Waals surface area contributed by atoms with Gasteiger partial charge in [0.15, 0.2) is 5.78 Å². The van der Waals surface area contributed by atoms with Gasteiger partial charge >= 0.3 is 0 Å². The molecule has 0 bridgehead atoms. The highest BCUT2D eigenvalue weighted by Gasteiger charge is 2.46. The van der Waals surface area contributed by atoms with Gasteiger partial charge in [0.2, 0.25) is 5.91 Å². The lowest BCUT2D eigenvalue weighted by Crippen LogP contribution is -2.49. The number of likely N-dealkylation sites (tertiary alicyclic amines) is 1. The second-order valence-corrected chi connectivity index (χ2v) is 9.04. The summed E-state index contributed by atoms with van der Waals surface area (Å²) in [5.41, 5.74) is 0.824. The largest absolute Gasteiger partial charge is 0.332 e. The van der Waals surface area contributed by atoms with Gasteiger partial charge in [-0.05, 0) is 43.6 Å². The molecule has 3 aliphatic rings. The fourth-order valence-corrected chi connectivity index (χ4v) is 4.19. The monoisotopic (exact) mass is 345 g/mol. The van der Waals surface area contributed by atoms with Crippen LogP contribution in [0.5, 0.6) is 0 Å². The lowest BCUT2D eigenvalue weighted by Gasteiger charge is -2.36. The Labute approximate surface area is 150 Å². The highest BCUT2D eigenvalue weighted by molar-refractivity contribution is 5.89. The Bertz CT molecular complexity index is 613. The molecule has 138 valence electrons. The van der Waals surface area contributed by atoms with Crippen LogP contribution >= 0.6 is 0 Å². The van der Waals surface area contributed by atoms with Gasteiger partial charge in [0.25, 0.3) is 0 Å². The number of allylic oxidation sites excluding steroid dienone is 1. The van der Waals surface area contributed by atoms with Gasteiger partial charge in [-0.3, -0.25) is 9.59 Å². The number of azo groups is 1. The fraction of sp³-hybridized carbons (Fsp3) is 0.800. The number of hydrogen-bond acceptors (Lipinski definition) is 4. The van der Waals surface area contributed by atoms with Crippen molar-refractivity contribution in [2.45, 2.75) is 72.4 Å². The first kappa shape index (κ1) is 18.3. The summed E-state index contributed by atoms with van der Waals surface area (Å²) in [5, 5.41) is 8.80. The van der Waals surface area contributed by atoms with E-state index in [1.165, 1.54) is 12.8 Å². The summed E-state index contributed by atoms with van der Waals surface area (Å²) in [6, 6.07) is -0.469. The van der Waals surface area contributed by atoms with Crippen LogP contribution in [0.25, 0.3) is 0 Å². The highest BCUT2D eigenvalue weighted by Crippen LogP contribution is 2.43. The molecule has 5 heteroatoms. The summed E-state index contributed by atoms with van der Waals surface area (Å²) in [5.74, 6) is 0.858. The van der Waals surface area contributed by atoms with Crippen LogP contribution in [0.1, 0.15) is 60.3 Å². The molecule has 5 nitrogen and oxygen atoms in total. The van der Waals surface area contributed by atoms with Crippen molar-refractivity contribution in [1.82, 2.24) is 4.90 Å². The van der Waals surface area contributed by atoms with Crippen LogP contribution in [-0.2, 0) is 9.59 Å². The number of carbonyl (C=O) groups excluding carboxylic acids is 2. The number of Topliss-reactive ketones (excluding diaryl/α,β-unsaturated/α-hetero) is 1. The number of rotatable bonds is 5. The maximum Gasteiger partial charge on any atom is 0.229 e. The van der Waals surface area contributed by atoms with E-state index in [0.29, 0.717) is 18.4 Å². The molecule has 1 saturated heterocycles. The van der Waals surface area contributed by atoms with E-state index in [1.807, 2.05) is 4.90 Å². The molecule has 0 aromatic carbocycles. The van der Waals surface area contributed by atoms with Crippen LogP contribution in [0, 0.1) is 23.2 Å². The Morgan fingerprint density at radius 1 is 1.32 bits per heavy atom. The van der Waals surface area contributed by atoms with Crippen molar-refractivity contribution < 1.29 is 9.59 Å². The molecular weight excluding hydrogens is 314 g/mol. The Morgan fingerprint density at radius 2 is 2.00 bits per heavy atom. The zero-order valence-corrected chi connectivity index (χ0v) is 16.2. The molecule has 0 aromatic rings. The average Bonchev–Trinajstić information content (AvgIpc) is 3.10. The Balaban J connectivity index is 1.85. The minimum absolute atomic E-state index is 0.0703. The van der Waals surface area contributed by atoms with Crippen molar-refractivity contribution in [3.63, 3.8) is 0 Å². The van der Waals surface area contributed by atoms with Crippen LogP contribution in [0.15, 0.2) is 22.0 Å². The third kappa shape index (κ3) is 3.70. The molecular formula is C20H31N3O2. The predicted molar refractivity (Wildman–Crippen MR) is 97.0 cm³/mol. The number of nitrogens with zero attached hydrogens (tertiary/aromatic N) is 3. The van der Waals surface area contributed by atoms with Crippen LogP contribution < -0.4 is 0 Å². The van der Waals surface area contributed by atoms with Crippen molar-refractivity contribution in [3.05, 3.63) is 11.8 Å². The average molecular weight is 345 g/mol. The van der Waals surface area contributed by atoms with Crippen molar-refractivity contribution >= 4 is 11.7 Å². The molecule has 0 aromatic heterocycles. The second kappa shape index (κ2) is 6.65. The minimum Gasteiger partial charge on any atom is -0.332 e. The van der Waals surface area contributed by atoms with Crippen LogP contribution in [-0.4, -0.2) is 35.2 Å². The molecule has 0 radical (unpaired) electrons. The molecule has 2 heterocycles. The molecule has 25 heavy (non-hydrogen) atoms. The van der Waals surface area contributed by atoms with E-state index < -0.39 is 0 Å². The normalized spacial score (nSPS) is 30.5. The first-order valence-electron chi connectivity index (χ1n) is 9.65. The van der Waals surface area contributed by atoms with Gasteiger partial charge in [-0.2, -0.15) is 10.2 Å². The van der Waals surface area contributed by atoms with E-state index in [1.54, 1.807) is 6.92 Å². The Morgan fingerprint density at radius 3 is 2.52 bits per heavy atom. The predicted octanol–water partition coefficient (Wildman–Crippen LogP) is 3.99. The lowest BCUT2D eigenvalue weighted by molar-refractivity contribution is -0.143. The van der Waals surface area contributed by atoms with Gasteiger partial charge in [0, 0.05) is 12.5 Å². The van der Waals surface area contributed by atoms with E-state index in [9.17, 15) is 9.59 Å².